The Labute approximate surface area is 164 Å². The second-order valence-corrected chi connectivity index (χ2v) is 7.59. The van der Waals surface area contributed by atoms with Gasteiger partial charge < -0.3 is 19.5 Å². The van der Waals surface area contributed by atoms with Crippen LogP contribution in [0.2, 0.25) is 0 Å². The van der Waals surface area contributed by atoms with E-state index in [1.165, 1.54) is 5.52 Å². The Morgan fingerprint density at radius 3 is 2.86 bits per heavy atom. The van der Waals surface area contributed by atoms with Crippen molar-refractivity contribution in [2.24, 2.45) is 5.92 Å². The highest BCUT2D eigenvalue weighted by Crippen LogP contribution is 2.35. The number of benzene rings is 2. The first-order valence-electron chi connectivity index (χ1n) is 9.91. The largest absolute Gasteiger partial charge is 0.495 e. The molecule has 6 heteroatoms. The van der Waals surface area contributed by atoms with Crippen molar-refractivity contribution in [3.8, 4) is 5.75 Å². The Balaban J connectivity index is 1.45. The van der Waals surface area contributed by atoms with Crippen molar-refractivity contribution in [1.82, 2.24) is 9.55 Å². The van der Waals surface area contributed by atoms with E-state index in [2.05, 4.69) is 39.0 Å². The number of carbonyl (C=O) groups excluding carboxylic acids is 1. The predicted molar refractivity (Wildman–Crippen MR) is 110 cm³/mol. The minimum Gasteiger partial charge on any atom is -0.495 e. The van der Waals surface area contributed by atoms with E-state index >= 15 is 0 Å². The van der Waals surface area contributed by atoms with Crippen LogP contribution in [-0.4, -0.2) is 29.1 Å². The molecule has 1 saturated carbocycles. The summed E-state index contributed by atoms with van der Waals surface area (Å²) in [7, 11) is 1.64. The number of aromatic nitrogens is 2. The number of fused-ring (bicyclic) bond motifs is 3. The second-order valence-electron chi connectivity index (χ2n) is 7.59. The lowest BCUT2D eigenvalue weighted by atomic mass is 10.2. The molecule has 0 radical (unpaired) electrons. The highest BCUT2D eigenvalue weighted by Gasteiger charge is 2.30. The van der Waals surface area contributed by atoms with Gasteiger partial charge in [-0.15, -0.1) is 0 Å². The molecule has 0 bridgehead atoms. The Hall–Kier alpha value is -3.02. The first-order valence-corrected chi connectivity index (χ1v) is 9.91. The maximum Gasteiger partial charge on any atom is 0.227 e. The highest BCUT2D eigenvalue weighted by molar-refractivity contribution is 5.96. The van der Waals surface area contributed by atoms with Crippen LogP contribution < -0.4 is 15.0 Å². The quantitative estimate of drug-likeness (QED) is 0.752. The maximum atomic E-state index is 12.3. The summed E-state index contributed by atoms with van der Waals surface area (Å²) in [6.07, 6.45) is 3.01. The summed E-state index contributed by atoms with van der Waals surface area (Å²) in [5.74, 6) is 2.03. The summed E-state index contributed by atoms with van der Waals surface area (Å²) < 4.78 is 7.79. The number of hydrogen-bond donors (Lipinski definition) is 1. The molecule has 1 N–H and O–H groups in total. The summed E-state index contributed by atoms with van der Waals surface area (Å²) in [4.78, 5) is 19.4. The number of imidazole rings is 1. The summed E-state index contributed by atoms with van der Waals surface area (Å²) in [5, 5.41) is 3.05. The Morgan fingerprint density at radius 2 is 2.04 bits per heavy atom. The van der Waals surface area contributed by atoms with E-state index in [1.807, 2.05) is 18.2 Å². The first-order chi connectivity index (χ1) is 13.7. The van der Waals surface area contributed by atoms with Gasteiger partial charge >= 0.3 is 0 Å². The number of aryl methyl sites for hydroxylation is 1. The van der Waals surface area contributed by atoms with E-state index in [0.717, 1.165) is 61.6 Å². The topological polar surface area (TPSA) is 59.4 Å². The minimum atomic E-state index is 0.0908. The van der Waals surface area contributed by atoms with Crippen molar-refractivity contribution in [3.63, 3.8) is 0 Å². The van der Waals surface area contributed by atoms with Crippen LogP contribution >= 0.6 is 0 Å². The van der Waals surface area contributed by atoms with E-state index in [-0.39, 0.29) is 11.8 Å². The number of hydrogen-bond acceptors (Lipinski definition) is 4. The van der Waals surface area contributed by atoms with Crippen LogP contribution in [0.5, 0.6) is 5.75 Å². The highest BCUT2D eigenvalue weighted by atomic mass is 16.5. The number of methoxy groups -OCH3 is 1. The predicted octanol–water partition coefficient (Wildman–Crippen LogP) is 3.80. The van der Waals surface area contributed by atoms with Gasteiger partial charge in [0.25, 0.3) is 0 Å². The molecular weight excluding hydrogens is 352 g/mol. The molecule has 2 aromatic carbocycles. The molecule has 1 amide bonds. The molecular formula is C22H24N4O2. The van der Waals surface area contributed by atoms with Crippen LogP contribution in [-0.2, 0) is 17.9 Å². The third kappa shape index (κ3) is 3.09. The molecule has 1 aliphatic heterocycles. The molecule has 0 spiro atoms. The summed E-state index contributed by atoms with van der Waals surface area (Å²) in [6.45, 7) is 2.66. The zero-order valence-corrected chi connectivity index (χ0v) is 16.0. The summed E-state index contributed by atoms with van der Waals surface area (Å²) >= 11 is 0. The van der Waals surface area contributed by atoms with Gasteiger partial charge in [0.15, 0.2) is 0 Å². The monoisotopic (exact) mass is 376 g/mol. The van der Waals surface area contributed by atoms with Crippen molar-refractivity contribution < 1.29 is 9.53 Å². The van der Waals surface area contributed by atoms with Gasteiger partial charge in [0.1, 0.15) is 11.6 Å². The standard InChI is InChI=1S/C22H24N4O2/c1-28-20-10-9-16(13-18(20)24-22(27)15-7-8-15)25-11-4-12-26-19-6-3-2-5-17(19)23-21(26)14-25/h2-3,5-6,9-10,13,15H,4,7-8,11-12,14H2,1H3,(H,24,27). The van der Waals surface area contributed by atoms with Crippen LogP contribution in [0.4, 0.5) is 11.4 Å². The van der Waals surface area contributed by atoms with Crippen molar-refractivity contribution in [3.05, 3.63) is 48.3 Å². The van der Waals surface area contributed by atoms with E-state index in [0.29, 0.717) is 5.75 Å². The molecule has 144 valence electrons. The molecule has 1 fully saturated rings. The summed E-state index contributed by atoms with van der Waals surface area (Å²) in [6, 6.07) is 14.3. The lowest BCUT2D eigenvalue weighted by Crippen LogP contribution is -2.23. The van der Waals surface area contributed by atoms with Crippen LogP contribution in [0.1, 0.15) is 25.1 Å². The second kappa shape index (κ2) is 6.86. The molecule has 0 unspecified atom stereocenters. The fourth-order valence-electron chi connectivity index (χ4n) is 3.96. The van der Waals surface area contributed by atoms with Gasteiger partial charge in [-0.3, -0.25) is 4.79 Å². The molecule has 2 aliphatic rings. The van der Waals surface area contributed by atoms with Gasteiger partial charge in [-0.05, 0) is 49.6 Å². The van der Waals surface area contributed by atoms with Crippen molar-refractivity contribution in [2.45, 2.75) is 32.4 Å². The molecule has 2 heterocycles. The van der Waals surface area contributed by atoms with Gasteiger partial charge in [0.2, 0.25) is 5.91 Å². The van der Waals surface area contributed by atoms with Crippen LogP contribution in [0.25, 0.3) is 11.0 Å². The Morgan fingerprint density at radius 1 is 1.18 bits per heavy atom. The van der Waals surface area contributed by atoms with Crippen molar-refractivity contribution in [2.75, 3.05) is 23.9 Å². The average molecular weight is 376 g/mol. The van der Waals surface area contributed by atoms with Gasteiger partial charge in [0, 0.05) is 24.7 Å². The number of nitrogens with one attached hydrogen (secondary N) is 1. The van der Waals surface area contributed by atoms with Crippen LogP contribution in [0, 0.1) is 5.92 Å². The number of ether oxygens (including phenoxy) is 1. The number of carbonyl (C=O) groups is 1. The number of nitrogens with zero attached hydrogens (tertiary/aromatic N) is 3. The Bertz CT molecular complexity index is 1040. The lowest BCUT2D eigenvalue weighted by Gasteiger charge is -2.23. The summed E-state index contributed by atoms with van der Waals surface area (Å²) in [5.41, 5.74) is 4.07. The molecule has 3 aromatic rings. The van der Waals surface area contributed by atoms with E-state index in [9.17, 15) is 4.79 Å². The fourth-order valence-corrected chi connectivity index (χ4v) is 3.96. The molecule has 6 nitrogen and oxygen atoms in total. The number of rotatable bonds is 4. The molecule has 1 aromatic heterocycles. The van der Waals surface area contributed by atoms with E-state index in [1.54, 1.807) is 7.11 Å². The molecule has 28 heavy (non-hydrogen) atoms. The lowest BCUT2D eigenvalue weighted by molar-refractivity contribution is -0.117. The van der Waals surface area contributed by atoms with Crippen molar-refractivity contribution in [1.29, 1.82) is 0 Å². The molecule has 1 aliphatic carbocycles. The van der Waals surface area contributed by atoms with E-state index < -0.39 is 0 Å². The van der Waals surface area contributed by atoms with Crippen molar-refractivity contribution >= 4 is 28.3 Å². The van der Waals surface area contributed by atoms with Gasteiger partial charge in [-0.25, -0.2) is 4.98 Å². The zero-order chi connectivity index (χ0) is 19.1. The number of amides is 1. The van der Waals surface area contributed by atoms with Crippen LogP contribution in [0.3, 0.4) is 0 Å². The molecule has 0 atom stereocenters. The molecule has 5 rings (SSSR count). The Kier molecular flexibility index (Phi) is 4.19. The number of para-hydroxylation sites is 2. The molecule has 0 saturated heterocycles. The number of anilines is 2. The first kappa shape index (κ1) is 17.1. The van der Waals surface area contributed by atoms with Gasteiger partial charge in [-0.2, -0.15) is 0 Å². The fraction of sp³-hybridized carbons (Fsp3) is 0.364. The minimum absolute atomic E-state index is 0.0908. The maximum absolute atomic E-state index is 12.3. The van der Waals surface area contributed by atoms with Gasteiger partial charge in [-0.1, -0.05) is 12.1 Å². The van der Waals surface area contributed by atoms with E-state index in [4.69, 9.17) is 9.72 Å². The zero-order valence-electron chi connectivity index (χ0n) is 16.0. The SMILES string of the molecule is COc1ccc(N2CCCn3c(nc4ccccc43)C2)cc1NC(=O)C1CC1. The smallest absolute Gasteiger partial charge is 0.227 e. The van der Waals surface area contributed by atoms with Gasteiger partial charge in [0.05, 0.1) is 30.4 Å². The average Bonchev–Trinajstić information content (AvgIpc) is 3.53. The van der Waals surface area contributed by atoms with Crippen LogP contribution in [0.15, 0.2) is 42.5 Å². The third-order valence-electron chi connectivity index (χ3n) is 5.63. The third-order valence-corrected chi connectivity index (χ3v) is 5.63. The normalized spacial score (nSPS) is 16.5.